The molecule has 1 amide bonds. The summed E-state index contributed by atoms with van der Waals surface area (Å²) < 4.78 is 18.8. The molecule has 27 heavy (non-hydrogen) atoms. The van der Waals surface area contributed by atoms with Gasteiger partial charge in [-0.15, -0.1) is 0 Å². The van der Waals surface area contributed by atoms with Crippen LogP contribution in [0.2, 0.25) is 0 Å². The Morgan fingerprint density at radius 2 is 2.22 bits per heavy atom. The van der Waals surface area contributed by atoms with Crippen LogP contribution in [0.15, 0.2) is 18.2 Å². The summed E-state index contributed by atoms with van der Waals surface area (Å²) in [5.41, 5.74) is 0.962. The van der Waals surface area contributed by atoms with E-state index in [2.05, 4.69) is 22.1 Å². The summed E-state index contributed by atoms with van der Waals surface area (Å²) in [6.07, 6.45) is 2.23. The fourth-order valence-corrected chi connectivity index (χ4v) is 3.62. The normalized spacial score (nSPS) is 19.0. The van der Waals surface area contributed by atoms with Crippen LogP contribution in [-0.4, -0.2) is 47.5 Å². The van der Waals surface area contributed by atoms with Crippen molar-refractivity contribution in [3.05, 3.63) is 29.7 Å². The molecule has 2 N–H and O–H groups in total. The van der Waals surface area contributed by atoms with Crippen molar-refractivity contribution in [2.45, 2.75) is 39.7 Å². The molecule has 1 aliphatic rings. The molecule has 0 saturated carbocycles. The number of fused-ring (bicyclic) bond motifs is 1. The van der Waals surface area contributed by atoms with Crippen molar-refractivity contribution in [3.63, 3.8) is 0 Å². The standard InChI is InChI=1S/C20H26FN3O3/c1-4-27-20(26)18-17(15-10-14(21)7-8-16(15)22-18)23-19(25)13(3)24-9-5-6-12(2)11-24/h7-8,10,12-13,22H,4-6,9,11H2,1-3H3,(H,23,25)/t12-,13+/m0/s1. The molecule has 0 radical (unpaired) electrons. The van der Waals surface area contributed by atoms with Crippen molar-refractivity contribution in [1.82, 2.24) is 9.88 Å². The molecule has 6 nitrogen and oxygen atoms in total. The first kappa shape index (κ1) is 19.4. The zero-order valence-electron chi connectivity index (χ0n) is 16.0. The van der Waals surface area contributed by atoms with Gasteiger partial charge in [0.2, 0.25) is 5.91 Å². The number of likely N-dealkylation sites (tertiary alicyclic amines) is 1. The highest BCUT2D eigenvalue weighted by Crippen LogP contribution is 2.30. The summed E-state index contributed by atoms with van der Waals surface area (Å²) in [5.74, 6) is -0.694. The smallest absolute Gasteiger partial charge is 0.356 e. The number of hydrogen-bond donors (Lipinski definition) is 2. The average molecular weight is 375 g/mol. The Balaban J connectivity index is 1.90. The van der Waals surface area contributed by atoms with Gasteiger partial charge in [-0.3, -0.25) is 9.69 Å². The van der Waals surface area contributed by atoms with E-state index < -0.39 is 11.8 Å². The van der Waals surface area contributed by atoms with Gasteiger partial charge >= 0.3 is 5.97 Å². The lowest BCUT2D eigenvalue weighted by Gasteiger charge is -2.34. The lowest BCUT2D eigenvalue weighted by Crippen LogP contribution is -2.46. The molecule has 1 aliphatic heterocycles. The molecular weight excluding hydrogens is 349 g/mol. The summed E-state index contributed by atoms with van der Waals surface area (Å²) in [7, 11) is 0. The van der Waals surface area contributed by atoms with E-state index in [1.807, 2.05) is 6.92 Å². The molecule has 1 saturated heterocycles. The average Bonchev–Trinajstić information content (AvgIpc) is 2.99. The molecule has 7 heteroatoms. The molecule has 2 atom stereocenters. The Bertz CT molecular complexity index is 848. The number of benzene rings is 1. The van der Waals surface area contributed by atoms with E-state index in [0.717, 1.165) is 19.5 Å². The number of halogens is 1. The van der Waals surface area contributed by atoms with Crippen LogP contribution in [-0.2, 0) is 9.53 Å². The van der Waals surface area contributed by atoms with Gasteiger partial charge in [-0.25, -0.2) is 9.18 Å². The Labute approximate surface area is 158 Å². The van der Waals surface area contributed by atoms with Crippen LogP contribution < -0.4 is 5.32 Å². The van der Waals surface area contributed by atoms with Crippen LogP contribution in [0, 0.1) is 11.7 Å². The minimum absolute atomic E-state index is 0.130. The van der Waals surface area contributed by atoms with Crippen LogP contribution in [0.3, 0.4) is 0 Å². The number of anilines is 1. The molecule has 3 rings (SSSR count). The number of H-pyrrole nitrogens is 1. The maximum atomic E-state index is 13.8. The largest absolute Gasteiger partial charge is 0.461 e. The van der Waals surface area contributed by atoms with Gasteiger partial charge in [-0.2, -0.15) is 0 Å². The zero-order chi connectivity index (χ0) is 19.6. The Kier molecular flexibility index (Phi) is 5.79. The van der Waals surface area contributed by atoms with E-state index in [1.54, 1.807) is 13.0 Å². The number of carbonyl (C=O) groups is 2. The van der Waals surface area contributed by atoms with Crippen molar-refractivity contribution in [2.75, 3.05) is 25.0 Å². The number of nitrogens with zero attached hydrogens (tertiary/aromatic N) is 1. The van der Waals surface area contributed by atoms with Crippen molar-refractivity contribution < 1.29 is 18.7 Å². The van der Waals surface area contributed by atoms with Crippen LogP contribution in [0.4, 0.5) is 10.1 Å². The van der Waals surface area contributed by atoms with E-state index in [0.29, 0.717) is 16.8 Å². The van der Waals surface area contributed by atoms with E-state index in [1.165, 1.54) is 18.6 Å². The first-order chi connectivity index (χ1) is 12.9. The Morgan fingerprint density at radius 3 is 2.93 bits per heavy atom. The van der Waals surface area contributed by atoms with Crippen molar-refractivity contribution in [2.24, 2.45) is 5.92 Å². The summed E-state index contributed by atoms with van der Waals surface area (Å²) >= 11 is 0. The second-order valence-corrected chi connectivity index (χ2v) is 7.19. The van der Waals surface area contributed by atoms with Crippen molar-refractivity contribution in [3.8, 4) is 0 Å². The van der Waals surface area contributed by atoms with E-state index >= 15 is 0 Å². The zero-order valence-corrected chi connectivity index (χ0v) is 16.0. The second-order valence-electron chi connectivity index (χ2n) is 7.19. The molecule has 1 aromatic heterocycles. The third-order valence-electron chi connectivity index (χ3n) is 5.10. The van der Waals surface area contributed by atoms with Gasteiger partial charge in [0.1, 0.15) is 11.5 Å². The summed E-state index contributed by atoms with van der Waals surface area (Å²) in [4.78, 5) is 30.3. The fourth-order valence-electron chi connectivity index (χ4n) is 3.62. The molecular formula is C20H26FN3O3. The monoisotopic (exact) mass is 375 g/mol. The number of esters is 1. The van der Waals surface area contributed by atoms with E-state index in [-0.39, 0.29) is 29.9 Å². The summed E-state index contributed by atoms with van der Waals surface area (Å²) in [6, 6.07) is 3.80. The topological polar surface area (TPSA) is 74.4 Å². The third-order valence-corrected chi connectivity index (χ3v) is 5.10. The first-order valence-corrected chi connectivity index (χ1v) is 9.44. The molecule has 146 valence electrons. The quantitative estimate of drug-likeness (QED) is 0.784. The number of hydrogen-bond acceptors (Lipinski definition) is 4. The van der Waals surface area contributed by atoms with E-state index in [4.69, 9.17) is 4.74 Å². The molecule has 1 aromatic carbocycles. The first-order valence-electron chi connectivity index (χ1n) is 9.44. The number of ether oxygens (including phenoxy) is 1. The van der Waals surface area contributed by atoms with Crippen LogP contribution in [0.5, 0.6) is 0 Å². The number of aromatic nitrogens is 1. The Hall–Kier alpha value is -2.41. The van der Waals surface area contributed by atoms with Gasteiger partial charge in [0, 0.05) is 17.4 Å². The van der Waals surface area contributed by atoms with Crippen LogP contribution in [0.1, 0.15) is 44.1 Å². The minimum Gasteiger partial charge on any atom is -0.461 e. The molecule has 0 bridgehead atoms. The van der Waals surface area contributed by atoms with Crippen molar-refractivity contribution >= 4 is 28.5 Å². The van der Waals surface area contributed by atoms with Gasteiger partial charge in [0.15, 0.2) is 0 Å². The van der Waals surface area contributed by atoms with Gasteiger partial charge in [-0.05, 0) is 57.4 Å². The molecule has 0 spiro atoms. The predicted molar refractivity (Wildman–Crippen MR) is 102 cm³/mol. The highest BCUT2D eigenvalue weighted by molar-refractivity contribution is 6.11. The van der Waals surface area contributed by atoms with Gasteiger partial charge in [0.25, 0.3) is 0 Å². The molecule has 1 fully saturated rings. The lowest BCUT2D eigenvalue weighted by atomic mass is 9.99. The molecule has 2 heterocycles. The Morgan fingerprint density at radius 1 is 1.44 bits per heavy atom. The summed E-state index contributed by atoms with van der Waals surface area (Å²) in [6.45, 7) is 7.68. The minimum atomic E-state index is -0.580. The molecule has 0 unspecified atom stereocenters. The van der Waals surface area contributed by atoms with Crippen LogP contribution >= 0.6 is 0 Å². The highest BCUT2D eigenvalue weighted by atomic mass is 19.1. The third kappa shape index (κ3) is 4.13. The van der Waals surface area contributed by atoms with Crippen molar-refractivity contribution in [1.29, 1.82) is 0 Å². The lowest BCUT2D eigenvalue weighted by molar-refractivity contribution is -0.121. The number of carbonyl (C=O) groups excluding carboxylic acids is 2. The number of piperidine rings is 1. The SMILES string of the molecule is CCOC(=O)c1[nH]c2ccc(F)cc2c1NC(=O)[C@@H](C)N1CCC[C@H](C)C1. The van der Waals surface area contributed by atoms with Gasteiger partial charge in [-0.1, -0.05) is 6.92 Å². The number of aromatic amines is 1. The molecule has 0 aliphatic carbocycles. The predicted octanol–water partition coefficient (Wildman–Crippen LogP) is 3.54. The second kappa shape index (κ2) is 8.08. The number of amides is 1. The van der Waals surface area contributed by atoms with E-state index in [9.17, 15) is 14.0 Å². The maximum absolute atomic E-state index is 13.8. The van der Waals surface area contributed by atoms with Gasteiger partial charge < -0.3 is 15.0 Å². The molecule has 2 aromatic rings. The fraction of sp³-hybridized carbons (Fsp3) is 0.500. The highest BCUT2D eigenvalue weighted by Gasteiger charge is 2.28. The van der Waals surface area contributed by atoms with Crippen LogP contribution in [0.25, 0.3) is 10.9 Å². The number of nitrogens with one attached hydrogen (secondary N) is 2. The summed E-state index contributed by atoms with van der Waals surface area (Å²) in [5, 5.41) is 3.28. The number of rotatable bonds is 5. The van der Waals surface area contributed by atoms with Gasteiger partial charge in [0.05, 0.1) is 18.3 Å². The maximum Gasteiger partial charge on any atom is 0.356 e.